The molecule has 0 spiro atoms. The fraction of sp³-hybridized carbons (Fsp3) is 0.423. The van der Waals surface area contributed by atoms with Crippen molar-refractivity contribution in [3.8, 4) is 17.3 Å². The van der Waals surface area contributed by atoms with Crippen molar-refractivity contribution in [2.45, 2.75) is 58.2 Å². The van der Waals surface area contributed by atoms with Crippen molar-refractivity contribution in [3.63, 3.8) is 0 Å². The molecule has 23 nitrogen and oxygen atoms in total. The minimum absolute atomic E-state index is 0. The molecule has 3 aromatic carbocycles. The Morgan fingerprint density at radius 2 is 1.59 bits per heavy atom. The summed E-state index contributed by atoms with van der Waals surface area (Å²) >= 11 is 0. The van der Waals surface area contributed by atoms with Crippen LogP contribution in [0.25, 0.3) is 11.3 Å². The second-order valence-corrected chi connectivity index (χ2v) is 17.4. The molecule has 1 aromatic heterocycles. The summed E-state index contributed by atoms with van der Waals surface area (Å²) in [5.41, 5.74) is 11.3. The van der Waals surface area contributed by atoms with Gasteiger partial charge in [-0.15, -0.1) is 0 Å². The molecule has 2 unspecified atom stereocenters. The summed E-state index contributed by atoms with van der Waals surface area (Å²) < 4.78 is 10.7. The van der Waals surface area contributed by atoms with Gasteiger partial charge in [0.1, 0.15) is 19.4 Å². The molecule has 24 heteroatoms. The number of rotatable bonds is 20. The average Bonchev–Trinajstić information content (AvgIpc) is 3.86. The zero-order valence-electron chi connectivity index (χ0n) is 44.1. The maximum absolute atomic E-state index is 12.1. The number of aldehydes is 1. The van der Waals surface area contributed by atoms with Crippen molar-refractivity contribution >= 4 is 65.4 Å². The minimum Gasteiger partial charge on any atom is -0.445 e. The van der Waals surface area contributed by atoms with E-state index in [9.17, 15) is 33.6 Å². The average molecular weight is 1130 g/mol. The summed E-state index contributed by atoms with van der Waals surface area (Å²) in [7, 11) is 7.51. The number of carbonyl (C=O) groups is 7. The van der Waals surface area contributed by atoms with Crippen LogP contribution < -0.4 is 37.0 Å². The number of anilines is 4. The number of aromatic nitrogens is 2. The van der Waals surface area contributed by atoms with Gasteiger partial charge in [-0.05, 0) is 101 Å². The molecular weight excluding hydrogens is 1060 g/mol. The number of likely N-dealkylation sites (N-methyl/N-ethyl adjacent to an activating group) is 3. The summed E-state index contributed by atoms with van der Waals surface area (Å²) in [4.78, 5) is 97.9. The van der Waals surface area contributed by atoms with Gasteiger partial charge >= 0.3 is 6.09 Å². The number of nitrogens with two attached hydrogens (primary N) is 1. The Morgan fingerprint density at radius 3 is 2.13 bits per heavy atom. The van der Waals surface area contributed by atoms with Gasteiger partial charge in [-0.3, -0.25) is 33.8 Å². The monoisotopic (exact) mass is 1130 g/mol. The zero-order valence-corrected chi connectivity index (χ0v) is 47.0. The summed E-state index contributed by atoms with van der Waals surface area (Å²) in [5, 5.41) is 24.6. The zero-order chi connectivity index (χ0) is 55.1. The van der Waals surface area contributed by atoms with Gasteiger partial charge in [0, 0.05) is 94.6 Å². The smallest absolute Gasteiger partial charge is 0.409 e. The second kappa shape index (κ2) is 36.2. The maximum Gasteiger partial charge on any atom is 0.409 e. The third kappa shape index (κ3) is 23.4. The Hall–Kier alpha value is -6.78. The molecule has 6 rings (SSSR count). The van der Waals surface area contributed by atoms with Gasteiger partial charge in [0.2, 0.25) is 30.1 Å². The van der Waals surface area contributed by atoms with Crippen molar-refractivity contribution < 1.29 is 81.0 Å². The number of morpholine rings is 1. The summed E-state index contributed by atoms with van der Waals surface area (Å²) in [5.74, 6) is -1.10. The molecule has 76 heavy (non-hydrogen) atoms. The van der Waals surface area contributed by atoms with E-state index >= 15 is 0 Å². The number of nitriles is 1. The van der Waals surface area contributed by atoms with Crippen LogP contribution in [0, 0.1) is 11.3 Å². The van der Waals surface area contributed by atoms with Crippen molar-refractivity contribution in [1.29, 1.82) is 5.26 Å². The molecule has 2 atom stereocenters. The van der Waals surface area contributed by atoms with Crippen LogP contribution in [-0.4, -0.2) is 172 Å². The van der Waals surface area contributed by atoms with Crippen molar-refractivity contribution in [2.24, 2.45) is 5.73 Å². The number of primary amides is 1. The topological polar surface area (TPSA) is 298 Å². The molecule has 4 aromatic rings. The van der Waals surface area contributed by atoms with E-state index in [1.54, 1.807) is 73.3 Å². The predicted octanol–water partition coefficient (Wildman–Crippen LogP) is 3.32. The van der Waals surface area contributed by atoms with Gasteiger partial charge < -0.3 is 55.9 Å². The van der Waals surface area contributed by atoms with E-state index in [1.165, 1.54) is 16.2 Å². The number of amides is 6. The first-order chi connectivity index (χ1) is 36.1. The minimum atomic E-state index is -0.873. The number of carbonyl (C=O) groups excluding carboxylic acids is 7. The first kappa shape index (κ1) is 65.3. The van der Waals surface area contributed by atoms with E-state index in [0.29, 0.717) is 55.1 Å². The van der Waals surface area contributed by atoms with Crippen LogP contribution in [0.15, 0.2) is 85.1 Å². The maximum atomic E-state index is 12.1. The molecular formula is C52H71N13O10Y. The van der Waals surface area contributed by atoms with E-state index < -0.39 is 11.9 Å². The fourth-order valence-electron chi connectivity index (χ4n) is 6.96. The summed E-state index contributed by atoms with van der Waals surface area (Å²) in [6, 6.07) is 24.1. The number of hydrogen-bond acceptors (Lipinski definition) is 17. The third-order valence-electron chi connectivity index (χ3n) is 11.0. The van der Waals surface area contributed by atoms with Crippen molar-refractivity contribution in [3.05, 3.63) is 96.2 Å². The van der Waals surface area contributed by atoms with Gasteiger partial charge in [-0.1, -0.05) is 44.5 Å². The number of likely N-dealkylation sites (tertiary alicyclic amines) is 1. The van der Waals surface area contributed by atoms with Crippen molar-refractivity contribution in [1.82, 2.24) is 40.8 Å². The van der Waals surface area contributed by atoms with Gasteiger partial charge in [0.25, 0.3) is 5.91 Å². The molecule has 2 fully saturated rings. The van der Waals surface area contributed by atoms with Crippen LogP contribution in [0.3, 0.4) is 0 Å². The third-order valence-corrected chi connectivity index (χ3v) is 11.0. The van der Waals surface area contributed by atoms with Gasteiger partial charge in [-0.2, -0.15) is 10.7 Å². The first-order valence-corrected chi connectivity index (χ1v) is 24.4. The molecule has 2 aliphatic rings. The Labute approximate surface area is 469 Å². The van der Waals surface area contributed by atoms with Crippen LogP contribution in [0.5, 0.6) is 0 Å². The molecule has 6 amide bonds. The molecule has 2 saturated heterocycles. The van der Waals surface area contributed by atoms with Crippen molar-refractivity contribution in [2.75, 3.05) is 102 Å². The number of nitrogens with zero attached hydrogens (tertiary/aromatic N) is 8. The normalized spacial score (nSPS) is 13.9. The predicted molar refractivity (Wildman–Crippen MR) is 283 cm³/mol. The largest absolute Gasteiger partial charge is 0.445 e. The van der Waals surface area contributed by atoms with Crippen LogP contribution in [0.4, 0.5) is 27.8 Å². The molecule has 0 aliphatic carbocycles. The van der Waals surface area contributed by atoms with E-state index in [0.717, 1.165) is 55.8 Å². The molecule has 7 N–H and O–H groups in total. The molecule has 0 bridgehead atoms. The standard InChI is InChI=1S/C24H22N6O3.C21H33N5O4.C4H8N2O3.C3H8.Y/c25-10-12-26-23(32)19-3-1-18(2-4-19)22-9-11-27-24(28-22)30(17-31)21-7-5-20(6-8-21)29-13-15-33-16-14-29;1-24(2)12-13-26(4)21(29)30-15-16-7-9-17(10-8-16)23-19(27)14-22-20(28)18-6-5-11-25(18)3;5-4(8)1-3(2-7)6-9;1-3-2;/h1-9,11,17H,12-16H2,(H,26,32);7-10,18H,5-6,11-15H2,1-4H3,(H,22,28)(H,23,27);2-3,6,9H,1H2,(H2,5,8);3H2,1-2H3;. The molecule has 407 valence electrons. The Morgan fingerprint density at radius 1 is 0.934 bits per heavy atom. The SMILES string of the molecule is CCC.CN(C)CCN(C)C(=O)OCc1ccc(NC(=O)CNC(=O)C2CCCN2C)cc1.N#CCNC(=O)c1ccc(-c2ccnc(N(C=O)c3ccc(N4CCOCC4)cc3)n2)cc1.NC(=O)CC(C=O)NO.[Y]. The molecule has 3 heterocycles. The Balaban J connectivity index is 0.000000426. The van der Waals surface area contributed by atoms with Gasteiger partial charge in [-0.25, -0.2) is 14.8 Å². The van der Waals surface area contributed by atoms with Gasteiger partial charge in [0.15, 0.2) is 0 Å². The van der Waals surface area contributed by atoms with Crippen LogP contribution in [0.2, 0.25) is 0 Å². The second-order valence-electron chi connectivity index (χ2n) is 17.4. The fourth-order valence-corrected chi connectivity index (χ4v) is 6.96. The Kier molecular flexibility index (Phi) is 31.2. The number of nitrogens with one attached hydrogen (secondary N) is 4. The van der Waals surface area contributed by atoms with E-state index in [-0.39, 0.29) is 94.6 Å². The number of hydroxylamine groups is 1. The number of hydrogen-bond donors (Lipinski definition) is 6. The first-order valence-electron chi connectivity index (χ1n) is 24.4. The summed E-state index contributed by atoms with van der Waals surface area (Å²) in [6.45, 7) is 9.61. The van der Waals surface area contributed by atoms with Crippen LogP contribution in [0.1, 0.15) is 55.5 Å². The quantitative estimate of drug-likeness (QED) is 0.0420. The molecule has 1 radical (unpaired) electrons. The molecule has 2 aliphatic heterocycles. The van der Waals surface area contributed by atoms with Crippen LogP contribution >= 0.6 is 0 Å². The van der Waals surface area contributed by atoms with Crippen LogP contribution in [-0.2, 0) is 72.8 Å². The van der Waals surface area contributed by atoms with E-state index in [2.05, 4.69) is 44.7 Å². The van der Waals surface area contributed by atoms with Gasteiger partial charge in [0.05, 0.1) is 55.7 Å². The Bertz CT molecular complexity index is 2460. The van der Waals surface area contributed by atoms with E-state index in [4.69, 9.17) is 25.7 Å². The number of benzene rings is 3. The molecule has 0 saturated carbocycles. The number of ether oxygens (including phenoxy) is 2. The van der Waals surface area contributed by atoms with E-state index in [1.807, 2.05) is 61.3 Å². The summed E-state index contributed by atoms with van der Waals surface area (Å²) in [6.07, 6.45) is 5.19.